The molecule has 0 aromatic carbocycles. The van der Waals surface area contributed by atoms with Gasteiger partial charge in [-0.3, -0.25) is 4.79 Å². The zero-order chi connectivity index (χ0) is 17.8. The lowest BCUT2D eigenvalue weighted by Gasteiger charge is -2.61. The van der Waals surface area contributed by atoms with E-state index in [-0.39, 0.29) is 12.3 Å². The van der Waals surface area contributed by atoms with E-state index in [1.807, 2.05) is 0 Å². The van der Waals surface area contributed by atoms with Crippen molar-refractivity contribution < 1.29 is 12.6 Å². The van der Waals surface area contributed by atoms with Crippen molar-refractivity contribution in [1.29, 1.82) is 5.26 Å². The Morgan fingerprint density at radius 2 is 2.00 bits per heavy atom. The number of likely N-dealkylation sites (tertiary alicyclic amines) is 1. The summed E-state index contributed by atoms with van der Waals surface area (Å²) in [5.74, 6) is -0.505. The Kier molecular flexibility index (Phi) is 2.29. The Balaban J connectivity index is 1.46. The van der Waals surface area contributed by atoms with Crippen molar-refractivity contribution in [2.24, 2.45) is 28.9 Å². The second-order valence-corrected chi connectivity index (χ2v) is 8.81. The fourth-order valence-electron chi connectivity index (χ4n) is 6.57. The quantitative estimate of drug-likeness (QED) is 0.799. The van der Waals surface area contributed by atoms with Gasteiger partial charge in [-0.25, -0.2) is 0 Å². The number of amides is 1. The molecule has 0 spiro atoms. The minimum Gasteiger partial charge on any atom is -0.390 e. The molecule has 5 nitrogen and oxygen atoms in total. The standard InChI is InChI=1S/C18H25N3O2/c19-8-13-2-12-3-14(12)21(13)16(22)15(20)17-4-10-1-11(5-17)7-18(23,6-10)9-17/h10-15,23H,1-7,9,20H2/t10?,11?,12-,13+,14+,15-,17?,18?/m1/s1/i12D,14D. The normalized spacial score (nSPS) is 61.4. The number of fused-ring (bicyclic) bond motifs is 1. The summed E-state index contributed by atoms with van der Waals surface area (Å²) in [6.07, 6.45) is 5.58. The lowest BCUT2D eigenvalue weighted by Crippen LogP contribution is -2.64. The number of carbonyl (C=O) groups excluding carboxylic acids is 1. The summed E-state index contributed by atoms with van der Waals surface area (Å²) in [7, 11) is 0. The highest BCUT2D eigenvalue weighted by Gasteiger charge is 2.62. The van der Waals surface area contributed by atoms with E-state index in [0.29, 0.717) is 24.7 Å². The van der Waals surface area contributed by atoms with E-state index < -0.39 is 35.0 Å². The SMILES string of the molecule is [2H][C@]12C[C@@H](C#N)N(C(=O)[C@@H](N)C34CC5CC(CC(O)(C5)C3)C4)[C@@]1([2H])C2. The molecule has 23 heavy (non-hydrogen) atoms. The number of hydrogen-bond donors (Lipinski definition) is 2. The molecule has 2 unspecified atom stereocenters. The van der Waals surface area contributed by atoms with Gasteiger partial charge in [0.1, 0.15) is 6.04 Å². The maximum Gasteiger partial charge on any atom is 0.241 e. The Hall–Kier alpha value is -1.12. The molecular weight excluding hydrogens is 290 g/mol. The summed E-state index contributed by atoms with van der Waals surface area (Å²) >= 11 is 0. The first-order valence-electron chi connectivity index (χ1n) is 9.85. The van der Waals surface area contributed by atoms with Crippen LogP contribution in [0.4, 0.5) is 0 Å². The first-order chi connectivity index (χ1) is 11.6. The first kappa shape index (κ1) is 12.3. The summed E-state index contributed by atoms with van der Waals surface area (Å²) in [5, 5.41) is 20.3. The van der Waals surface area contributed by atoms with Gasteiger partial charge in [0.25, 0.3) is 0 Å². The average Bonchev–Trinajstić information content (AvgIpc) is 2.96. The van der Waals surface area contributed by atoms with Gasteiger partial charge in [0.15, 0.2) is 0 Å². The molecular formula is C18H25N3O2. The molecule has 6 aliphatic rings. The van der Waals surface area contributed by atoms with Gasteiger partial charge in [-0.05, 0) is 74.5 Å². The monoisotopic (exact) mass is 317 g/mol. The number of nitrogens with zero attached hydrogens (tertiary/aromatic N) is 2. The van der Waals surface area contributed by atoms with Gasteiger partial charge in [0.2, 0.25) is 5.91 Å². The highest BCUT2D eigenvalue weighted by molar-refractivity contribution is 5.84. The van der Waals surface area contributed by atoms with Crippen LogP contribution in [0.2, 0.25) is 0 Å². The largest absolute Gasteiger partial charge is 0.390 e. The minimum atomic E-state index is -1.29. The van der Waals surface area contributed by atoms with Gasteiger partial charge in [-0.2, -0.15) is 5.26 Å². The van der Waals surface area contributed by atoms with E-state index in [9.17, 15) is 15.2 Å². The summed E-state index contributed by atoms with van der Waals surface area (Å²) < 4.78 is 16.8. The summed E-state index contributed by atoms with van der Waals surface area (Å²) in [6, 6.07) is -0.697. The van der Waals surface area contributed by atoms with Crippen molar-refractivity contribution in [2.45, 2.75) is 75.1 Å². The molecule has 5 saturated carbocycles. The number of nitriles is 1. The average molecular weight is 317 g/mol. The molecule has 1 saturated heterocycles. The molecule has 3 N–H and O–H groups in total. The predicted molar refractivity (Wildman–Crippen MR) is 82.8 cm³/mol. The minimum absolute atomic E-state index is 0.244. The van der Waals surface area contributed by atoms with E-state index in [1.54, 1.807) is 0 Å². The molecule has 1 amide bonds. The lowest BCUT2D eigenvalue weighted by molar-refractivity contribution is -0.177. The second-order valence-electron chi connectivity index (χ2n) is 8.81. The van der Waals surface area contributed by atoms with Crippen LogP contribution in [-0.2, 0) is 4.79 Å². The highest BCUT2D eigenvalue weighted by Crippen LogP contribution is 2.63. The van der Waals surface area contributed by atoms with Crippen molar-refractivity contribution in [3.8, 4) is 6.07 Å². The van der Waals surface area contributed by atoms with E-state index in [4.69, 9.17) is 8.48 Å². The summed E-state index contributed by atoms with van der Waals surface area (Å²) in [4.78, 5) is 14.6. The van der Waals surface area contributed by atoms with Crippen LogP contribution in [0.3, 0.4) is 0 Å². The number of carbonyl (C=O) groups is 1. The maximum absolute atomic E-state index is 13.3. The molecule has 4 bridgehead atoms. The smallest absolute Gasteiger partial charge is 0.241 e. The van der Waals surface area contributed by atoms with Crippen LogP contribution >= 0.6 is 0 Å². The van der Waals surface area contributed by atoms with Crippen LogP contribution in [0.15, 0.2) is 0 Å². The van der Waals surface area contributed by atoms with Crippen molar-refractivity contribution in [2.75, 3.05) is 0 Å². The first-order valence-corrected chi connectivity index (χ1v) is 8.85. The molecule has 6 rings (SSSR count). The van der Waals surface area contributed by atoms with Crippen LogP contribution in [-0.4, -0.2) is 39.6 Å². The molecule has 0 radical (unpaired) electrons. The number of aliphatic hydroxyl groups is 1. The Morgan fingerprint density at radius 3 is 2.61 bits per heavy atom. The van der Waals surface area contributed by atoms with Crippen LogP contribution in [0.5, 0.6) is 0 Å². The summed E-state index contributed by atoms with van der Waals surface area (Å²) in [6.45, 7) is 0. The molecule has 0 aromatic rings. The predicted octanol–water partition coefficient (Wildman–Crippen LogP) is 1.16. The van der Waals surface area contributed by atoms with Crippen LogP contribution in [0, 0.1) is 34.5 Å². The fraction of sp³-hybridized carbons (Fsp3) is 0.889. The summed E-state index contributed by atoms with van der Waals surface area (Å²) in [5.41, 5.74) is 5.39. The molecule has 0 aromatic heterocycles. The van der Waals surface area contributed by atoms with Gasteiger partial charge in [0.05, 0.1) is 19.1 Å². The van der Waals surface area contributed by atoms with E-state index in [0.717, 1.165) is 32.1 Å². The zero-order valence-corrected chi connectivity index (χ0v) is 13.3. The van der Waals surface area contributed by atoms with Crippen molar-refractivity contribution in [3.05, 3.63) is 0 Å². The Labute approximate surface area is 139 Å². The third-order valence-corrected chi connectivity index (χ3v) is 7.09. The maximum atomic E-state index is 13.3. The van der Waals surface area contributed by atoms with Gasteiger partial charge < -0.3 is 15.7 Å². The van der Waals surface area contributed by atoms with E-state index >= 15 is 0 Å². The van der Waals surface area contributed by atoms with Crippen LogP contribution in [0.1, 0.15) is 54.1 Å². The molecule has 1 heterocycles. The Morgan fingerprint density at radius 1 is 1.30 bits per heavy atom. The number of nitrogens with two attached hydrogens (primary N) is 1. The van der Waals surface area contributed by atoms with E-state index in [1.165, 1.54) is 4.90 Å². The zero-order valence-electron chi connectivity index (χ0n) is 15.3. The number of rotatable bonds is 2. The number of piperidine rings is 1. The molecule has 124 valence electrons. The van der Waals surface area contributed by atoms with Crippen molar-refractivity contribution >= 4 is 5.91 Å². The molecule has 6 fully saturated rings. The van der Waals surface area contributed by atoms with Gasteiger partial charge in [-0.15, -0.1) is 0 Å². The van der Waals surface area contributed by atoms with Gasteiger partial charge in [0, 0.05) is 7.39 Å². The van der Waals surface area contributed by atoms with Gasteiger partial charge >= 0.3 is 0 Å². The molecule has 5 aliphatic carbocycles. The third kappa shape index (κ3) is 1.88. The molecule has 6 atom stereocenters. The lowest BCUT2D eigenvalue weighted by atomic mass is 9.46. The number of hydrogen-bond acceptors (Lipinski definition) is 4. The van der Waals surface area contributed by atoms with Crippen LogP contribution in [0.25, 0.3) is 0 Å². The van der Waals surface area contributed by atoms with Crippen LogP contribution < -0.4 is 5.73 Å². The third-order valence-electron chi connectivity index (χ3n) is 7.09. The van der Waals surface area contributed by atoms with Gasteiger partial charge in [-0.1, -0.05) is 0 Å². The molecule has 1 aliphatic heterocycles. The molecule has 5 heteroatoms. The topological polar surface area (TPSA) is 90.4 Å². The van der Waals surface area contributed by atoms with E-state index in [2.05, 4.69) is 6.07 Å². The fourth-order valence-corrected chi connectivity index (χ4v) is 6.57. The van der Waals surface area contributed by atoms with Crippen molar-refractivity contribution in [1.82, 2.24) is 4.90 Å². The highest BCUT2D eigenvalue weighted by atomic mass is 16.3. The Bertz CT molecular complexity index is 695. The van der Waals surface area contributed by atoms with Crippen molar-refractivity contribution in [3.63, 3.8) is 0 Å². The second kappa shape index (κ2) is 4.29.